The number of para-hydroxylation sites is 1. The second-order valence-corrected chi connectivity index (χ2v) is 4.10. The summed E-state index contributed by atoms with van der Waals surface area (Å²) in [5.41, 5.74) is 1.00. The number of nitro groups is 1. The van der Waals surface area contributed by atoms with Gasteiger partial charge in [-0.25, -0.2) is 4.39 Å². The van der Waals surface area contributed by atoms with E-state index in [1.165, 1.54) is 36.4 Å². The van der Waals surface area contributed by atoms with Gasteiger partial charge in [0.1, 0.15) is 6.61 Å². The van der Waals surface area contributed by atoms with Gasteiger partial charge in [-0.15, -0.1) is 0 Å². The Hall–Kier alpha value is -2.47. The third-order valence-electron chi connectivity index (χ3n) is 2.75. The molecule has 0 unspecified atom stereocenters. The molecule has 0 aromatic heterocycles. The monoisotopic (exact) mass is 277 g/mol. The molecule has 20 heavy (non-hydrogen) atoms. The Morgan fingerprint density at radius 2 is 1.90 bits per heavy atom. The lowest BCUT2D eigenvalue weighted by molar-refractivity contribution is -0.384. The lowest BCUT2D eigenvalue weighted by atomic mass is 10.2. The molecule has 0 aliphatic carbocycles. The third kappa shape index (κ3) is 3.10. The Bertz CT molecular complexity index is 613. The van der Waals surface area contributed by atoms with Crippen LogP contribution in [-0.2, 0) is 13.2 Å². The maximum absolute atomic E-state index is 13.6. The van der Waals surface area contributed by atoms with Crippen LogP contribution in [0.3, 0.4) is 0 Å². The molecule has 2 aromatic carbocycles. The van der Waals surface area contributed by atoms with Crippen LogP contribution in [0.1, 0.15) is 11.1 Å². The zero-order valence-corrected chi connectivity index (χ0v) is 10.5. The molecule has 0 aliphatic rings. The summed E-state index contributed by atoms with van der Waals surface area (Å²) in [4.78, 5) is 10.0. The highest BCUT2D eigenvalue weighted by atomic mass is 19.1. The standard InChI is InChI=1S/C14H12FNO4/c15-13-3-1-2-11(8-17)14(13)20-9-10-4-6-12(7-5-10)16(18)19/h1-7,17H,8-9H2. The first-order chi connectivity index (χ1) is 9.61. The molecule has 0 heterocycles. The van der Waals surface area contributed by atoms with Crippen LogP contribution in [0, 0.1) is 15.9 Å². The van der Waals surface area contributed by atoms with E-state index in [1.807, 2.05) is 0 Å². The topological polar surface area (TPSA) is 72.6 Å². The van der Waals surface area contributed by atoms with E-state index in [-0.39, 0.29) is 24.7 Å². The number of non-ortho nitro benzene ring substituents is 1. The number of nitro benzene ring substituents is 1. The van der Waals surface area contributed by atoms with Crippen LogP contribution in [0.15, 0.2) is 42.5 Å². The summed E-state index contributed by atoms with van der Waals surface area (Å²) in [5.74, 6) is -0.563. The number of ether oxygens (including phenoxy) is 1. The zero-order chi connectivity index (χ0) is 14.5. The van der Waals surface area contributed by atoms with Crippen LogP contribution in [0.25, 0.3) is 0 Å². The van der Waals surface area contributed by atoms with Gasteiger partial charge in [0.15, 0.2) is 11.6 Å². The number of hydrogen-bond donors (Lipinski definition) is 1. The molecule has 0 radical (unpaired) electrons. The van der Waals surface area contributed by atoms with E-state index in [0.29, 0.717) is 11.1 Å². The van der Waals surface area contributed by atoms with Crippen LogP contribution in [-0.4, -0.2) is 10.0 Å². The number of rotatable bonds is 5. The number of halogens is 1. The first-order valence-electron chi connectivity index (χ1n) is 5.86. The van der Waals surface area contributed by atoms with Crippen LogP contribution in [0.4, 0.5) is 10.1 Å². The molecule has 0 atom stereocenters. The molecule has 6 heteroatoms. The lowest BCUT2D eigenvalue weighted by Crippen LogP contribution is -2.01. The molecule has 0 spiro atoms. The van der Waals surface area contributed by atoms with E-state index in [0.717, 1.165) is 0 Å². The smallest absolute Gasteiger partial charge is 0.269 e. The van der Waals surface area contributed by atoms with Crippen molar-refractivity contribution in [1.82, 2.24) is 0 Å². The van der Waals surface area contributed by atoms with Gasteiger partial charge in [0.2, 0.25) is 0 Å². The first-order valence-corrected chi connectivity index (χ1v) is 5.86. The molecule has 0 aliphatic heterocycles. The van der Waals surface area contributed by atoms with Crippen molar-refractivity contribution in [2.24, 2.45) is 0 Å². The summed E-state index contributed by atoms with van der Waals surface area (Å²) in [6.07, 6.45) is 0. The fourth-order valence-corrected chi connectivity index (χ4v) is 1.71. The molecule has 0 fully saturated rings. The van der Waals surface area contributed by atoms with Crippen molar-refractivity contribution in [2.45, 2.75) is 13.2 Å². The minimum absolute atomic E-state index is 0.00615. The number of hydrogen-bond acceptors (Lipinski definition) is 4. The predicted octanol–water partition coefficient (Wildman–Crippen LogP) is 2.81. The van der Waals surface area contributed by atoms with Crippen molar-refractivity contribution >= 4 is 5.69 Å². The van der Waals surface area contributed by atoms with Crippen molar-refractivity contribution < 1.29 is 19.2 Å². The number of nitrogens with zero attached hydrogens (tertiary/aromatic N) is 1. The largest absolute Gasteiger partial charge is 0.485 e. The molecule has 0 amide bonds. The summed E-state index contributed by atoms with van der Waals surface area (Å²) in [6, 6.07) is 10.1. The SMILES string of the molecule is O=[N+]([O-])c1ccc(COc2c(F)cccc2CO)cc1. The highest BCUT2D eigenvalue weighted by Crippen LogP contribution is 2.24. The van der Waals surface area contributed by atoms with Gasteiger partial charge in [0.25, 0.3) is 5.69 Å². The van der Waals surface area contributed by atoms with Crippen LogP contribution < -0.4 is 4.74 Å². The molecule has 0 saturated heterocycles. The van der Waals surface area contributed by atoms with Gasteiger partial charge in [-0.2, -0.15) is 0 Å². The van der Waals surface area contributed by atoms with Gasteiger partial charge >= 0.3 is 0 Å². The predicted molar refractivity (Wildman–Crippen MR) is 69.8 cm³/mol. The van der Waals surface area contributed by atoms with E-state index >= 15 is 0 Å². The molecular formula is C14H12FNO4. The van der Waals surface area contributed by atoms with Gasteiger partial charge in [-0.05, 0) is 23.8 Å². The molecule has 2 rings (SSSR count). The first kappa shape index (κ1) is 14.0. The van der Waals surface area contributed by atoms with Crippen molar-refractivity contribution in [3.63, 3.8) is 0 Å². The molecule has 1 N–H and O–H groups in total. The summed E-state index contributed by atoms with van der Waals surface area (Å²) >= 11 is 0. The van der Waals surface area contributed by atoms with E-state index < -0.39 is 10.7 Å². The van der Waals surface area contributed by atoms with E-state index in [1.54, 1.807) is 6.07 Å². The Balaban J connectivity index is 2.11. The summed E-state index contributed by atoms with van der Waals surface area (Å²) < 4.78 is 18.9. The average Bonchev–Trinajstić information content (AvgIpc) is 2.46. The average molecular weight is 277 g/mol. The quantitative estimate of drug-likeness (QED) is 0.673. The Morgan fingerprint density at radius 1 is 1.20 bits per heavy atom. The highest BCUT2D eigenvalue weighted by Gasteiger charge is 2.10. The van der Waals surface area contributed by atoms with Gasteiger partial charge in [-0.3, -0.25) is 10.1 Å². The summed E-state index contributed by atoms with van der Waals surface area (Å²) in [7, 11) is 0. The molecule has 104 valence electrons. The van der Waals surface area contributed by atoms with Gasteiger partial charge in [0.05, 0.1) is 11.5 Å². The Morgan fingerprint density at radius 3 is 2.50 bits per heavy atom. The van der Waals surface area contributed by atoms with Crippen molar-refractivity contribution in [2.75, 3.05) is 0 Å². The van der Waals surface area contributed by atoms with Crippen molar-refractivity contribution in [3.8, 4) is 5.75 Å². The second kappa shape index (κ2) is 6.12. The highest BCUT2D eigenvalue weighted by molar-refractivity contribution is 5.36. The molecular weight excluding hydrogens is 265 g/mol. The summed E-state index contributed by atoms with van der Waals surface area (Å²) in [6.45, 7) is -0.265. The van der Waals surface area contributed by atoms with Crippen LogP contribution in [0.5, 0.6) is 5.75 Å². The normalized spacial score (nSPS) is 10.3. The number of benzene rings is 2. The fourth-order valence-electron chi connectivity index (χ4n) is 1.71. The second-order valence-electron chi connectivity index (χ2n) is 4.10. The van der Waals surface area contributed by atoms with Gasteiger partial charge in [0, 0.05) is 17.7 Å². The van der Waals surface area contributed by atoms with Gasteiger partial charge < -0.3 is 9.84 Å². The maximum Gasteiger partial charge on any atom is 0.269 e. The number of aliphatic hydroxyl groups excluding tert-OH is 1. The van der Waals surface area contributed by atoms with Gasteiger partial charge in [-0.1, -0.05) is 12.1 Å². The van der Waals surface area contributed by atoms with E-state index in [2.05, 4.69) is 0 Å². The molecule has 5 nitrogen and oxygen atoms in total. The third-order valence-corrected chi connectivity index (χ3v) is 2.75. The lowest BCUT2D eigenvalue weighted by Gasteiger charge is -2.10. The summed E-state index contributed by atoms with van der Waals surface area (Å²) in [5, 5.41) is 19.6. The molecule has 2 aromatic rings. The van der Waals surface area contributed by atoms with Crippen molar-refractivity contribution in [1.29, 1.82) is 0 Å². The van der Waals surface area contributed by atoms with E-state index in [9.17, 15) is 14.5 Å². The van der Waals surface area contributed by atoms with Crippen LogP contribution in [0.2, 0.25) is 0 Å². The Kier molecular flexibility index (Phi) is 4.27. The fraction of sp³-hybridized carbons (Fsp3) is 0.143. The molecule has 0 saturated carbocycles. The van der Waals surface area contributed by atoms with E-state index in [4.69, 9.17) is 9.84 Å². The number of aliphatic hydroxyl groups is 1. The minimum atomic E-state index is -0.557. The maximum atomic E-state index is 13.6. The van der Waals surface area contributed by atoms with Crippen LogP contribution >= 0.6 is 0 Å². The van der Waals surface area contributed by atoms with Crippen molar-refractivity contribution in [3.05, 3.63) is 69.5 Å². The Labute approximate surface area is 114 Å². The molecule has 0 bridgehead atoms. The zero-order valence-electron chi connectivity index (χ0n) is 10.5. The minimum Gasteiger partial charge on any atom is -0.485 e.